The van der Waals surface area contributed by atoms with E-state index in [1.165, 1.54) is 18.2 Å². The smallest absolute Gasteiger partial charge is 0.307 e. The minimum Gasteiger partial charge on any atom is -0.481 e. The van der Waals surface area contributed by atoms with Crippen LogP contribution in [0.5, 0.6) is 0 Å². The van der Waals surface area contributed by atoms with Crippen LogP contribution >= 0.6 is 11.6 Å². The molecular weight excluding hydrogens is 296 g/mol. The van der Waals surface area contributed by atoms with Crippen LogP contribution in [-0.2, 0) is 9.59 Å². The first-order chi connectivity index (χ1) is 9.66. The monoisotopic (exact) mass is 310 g/mol. The van der Waals surface area contributed by atoms with Crippen LogP contribution in [-0.4, -0.2) is 22.9 Å². The number of carbonyl (C=O) groups excluding carboxylic acids is 2. The van der Waals surface area contributed by atoms with Crippen molar-refractivity contribution in [2.45, 2.75) is 13.8 Å². The summed E-state index contributed by atoms with van der Waals surface area (Å²) in [5, 5.41) is 11.9. The number of halogens is 1. The molecule has 4 N–H and O–H groups in total. The largest absolute Gasteiger partial charge is 0.481 e. The second kappa shape index (κ2) is 5.04. The van der Waals surface area contributed by atoms with E-state index in [9.17, 15) is 14.4 Å². The van der Waals surface area contributed by atoms with Gasteiger partial charge in [-0.3, -0.25) is 14.4 Å². The van der Waals surface area contributed by atoms with Crippen LogP contribution in [0.2, 0.25) is 5.02 Å². The lowest BCUT2D eigenvalue weighted by atomic mass is 10.1. The van der Waals surface area contributed by atoms with Crippen molar-refractivity contribution < 1.29 is 19.5 Å². The Hall–Kier alpha value is -2.08. The number of nitrogens with two attached hydrogens (primary N) is 1. The lowest BCUT2D eigenvalue weighted by Crippen LogP contribution is -2.19. The van der Waals surface area contributed by atoms with Crippen LogP contribution in [0.25, 0.3) is 0 Å². The summed E-state index contributed by atoms with van der Waals surface area (Å²) in [7, 11) is 0. The Labute approximate surface area is 126 Å². The van der Waals surface area contributed by atoms with Crippen LogP contribution in [0.1, 0.15) is 24.2 Å². The molecule has 0 heterocycles. The lowest BCUT2D eigenvalue weighted by molar-refractivity contribution is -0.140. The Morgan fingerprint density at radius 3 is 2.38 bits per heavy atom. The van der Waals surface area contributed by atoms with Gasteiger partial charge in [0.25, 0.3) is 0 Å². The molecule has 1 saturated carbocycles. The molecule has 0 bridgehead atoms. The van der Waals surface area contributed by atoms with E-state index in [0.717, 1.165) is 0 Å². The average Bonchev–Trinajstić information content (AvgIpc) is 2.95. The van der Waals surface area contributed by atoms with Crippen molar-refractivity contribution >= 4 is 35.1 Å². The van der Waals surface area contributed by atoms with Crippen molar-refractivity contribution in [3.05, 3.63) is 28.8 Å². The number of aliphatic carboxylic acids is 1. The Morgan fingerprint density at radius 2 is 1.90 bits per heavy atom. The molecule has 2 amide bonds. The molecule has 0 radical (unpaired) electrons. The van der Waals surface area contributed by atoms with Gasteiger partial charge < -0.3 is 16.2 Å². The third kappa shape index (κ3) is 2.71. The summed E-state index contributed by atoms with van der Waals surface area (Å²) in [5.74, 6) is -3.44. The van der Waals surface area contributed by atoms with Crippen molar-refractivity contribution in [3.8, 4) is 0 Å². The number of carboxylic acids is 1. The van der Waals surface area contributed by atoms with Crippen LogP contribution in [0, 0.1) is 17.3 Å². The Balaban J connectivity index is 2.20. The highest BCUT2D eigenvalue weighted by atomic mass is 35.5. The summed E-state index contributed by atoms with van der Waals surface area (Å²) in [6, 6.07) is 4.26. The number of carboxylic acid groups (broad SMARTS) is 1. The summed E-state index contributed by atoms with van der Waals surface area (Å²) in [5.41, 5.74) is 5.01. The van der Waals surface area contributed by atoms with Crippen LogP contribution in [0.4, 0.5) is 5.69 Å². The van der Waals surface area contributed by atoms with Gasteiger partial charge in [0, 0.05) is 5.56 Å². The van der Waals surface area contributed by atoms with E-state index in [0.29, 0.717) is 0 Å². The Kier molecular flexibility index (Phi) is 3.67. The highest BCUT2D eigenvalue weighted by Gasteiger charge is 2.65. The van der Waals surface area contributed by atoms with E-state index < -0.39 is 35.0 Å². The first-order valence-electron chi connectivity index (χ1n) is 6.29. The number of benzene rings is 1. The molecule has 1 aromatic carbocycles. The van der Waals surface area contributed by atoms with Crippen molar-refractivity contribution in [1.82, 2.24) is 0 Å². The second-order valence-corrected chi connectivity index (χ2v) is 6.07. The molecule has 1 aliphatic carbocycles. The Bertz CT molecular complexity index is 642. The summed E-state index contributed by atoms with van der Waals surface area (Å²) in [6.07, 6.45) is 0. The molecule has 0 aromatic heterocycles. The van der Waals surface area contributed by atoms with Gasteiger partial charge in [0.2, 0.25) is 11.8 Å². The summed E-state index contributed by atoms with van der Waals surface area (Å²) >= 11 is 5.96. The van der Waals surface area contributed by atoms with E-state index in [1.807, 2.05) is 0 Å². The topological polar surface area (TPSA) is 109 Å². The summed E-state index contributed by atoms with van der Waals surface area (Å²) < 4.78 is 0. The molecule has 0 spiro atoms. The van der Waals surface area contributed by atoms with Crippen LogP contribution < -0.4 is 11.1 Å². The minimum absolute atomic E-state index is 0.208. The van der Waals surface area contributed by atoms with Gasteiger partial charge in [0.1, 0.15) is 0 Å². The van der Waals surface area contributed by atoms with Crippen molar-refractivity contribution in [1.29, 1.82) is 0 Å². The SMILES string of the molecule is CC1(C)[C@H](C(=O)O)[C@@H]1C(=O)Nc1cc(C(N)=O)ccc1Cl. The molecule has 2 atom stereocenters. The molecule has 1 fully saturated rings. The van der Waals surface area contributed by atoms with E-state index in [1.54, 1.807) is 13.8 Å². The maximum atomic E-state index is 12.2. The summed E-state index contributed by atoms with van der Waals surface area (Å²) in [6.45, 7) is 3.44. The molecule has 112 valence electrons. The molecular formula is C14H15ClN2O4. The molecule has 7 heteroatoms. The molecule has 6 nitrogen and oxygen atoms in total. The number of carbonyl (C=O) groups is 3. The first-order valence-corrected chi connectivity index (χ1v) is 6.67. The van der Waals surface area contributed by atoms with Crippen molar-refractivity contribution in [3.63, 3.8) is 0 Å². The van der Waals surface area contributed by atoms with Gasteiger partial charge >= 0.3 is 5.97 Å². The fourth-order valence-electron chi connectivity index (χ4n) is 2.57. The number of amides is 2. The molecule has 21 heavy (non-hydrogen) atoms. The maximum absolute atomic E-state index is 12.2. The summed E-state index contributed by atoms with van der Waals surface area (Å²) in [4.78, 5) is 34.4. The molecule has 0 saturated heterocycles. The third-order valence-electron chi connectivity index (χ3n) is 3.88. The third-order valence-corrected chi connectivity index (χ3v) is 4.21. The second-order valence-electron chi connectivity index (χ2n) is 5.66. The normalized spacial score (nSPS) is 22.4. The van der Waals surface area contributed by atoms with Crippen LogP contribution in [0.3, 0.4) is 0 Å². The van der Waals surface area contributed by atoms with Gasteiger partial charge in [0.05, 0.1) is 22.5 Å². The minimum atomic E-state index is -1.00. The zero-order valence-electron chi connectivity index (χ0n) is 11.5. The number of anilines is 1. The van der Waals surface area contributed by atoms with Gasteiger partial charge in [-0.25, -0.2) is 0 Å². The van der Waals surface area contributed by atoms with Gasteiger partial charge in [-0.15, -0.1) is 0 Å². The zero-order valence-corrected chi connectivity index (χ0v) is 12.3. The maximum Gasteiger partial charge on any atom is 0.307 e. The molecule has 1 aliphatic rings. The van der Waals surface area contributed by atoms with Gasteiger partial charge in [0.15, 0.2) is 0 Å². The standard InChI is InChI=1S/C14H15ClN2O4/c1-14(2)9(10(14)13(20)21)12(19)17-8-5-6(11(16)18)3-4-7(8)15/h3-5,9-10H,1-2H3,(H2,16,18)(H,17,19)(H,20,21)/t9-,10+/m1/s1. The predicted octanol–water partition coefficient (Wildman–Crippen LogP) is 1.73. The average molecular weight is 311 g/mol. The lowest BCUT2D eigenvalue weighted by Gasteiger charge is -2.09. The van der Waals surface area contributed by atoms with Crippen molar-refractivity contribution in [2.75, 3.05) is 5.32 Å². The quantitative estimate of drug-likeness (QED) is 0.786. The van der Waals surface area contributed by atoms with E-state index in [4.69, 9.17) is 22.4 Å². The number of rotatable bonds is 4. The highest BCUT2D eigenvalue weighted by molar-refractivity contribution is 6.34. The number of primary amides is 1. The first kappa shape index (κ1) is 15.3. The Morgan fingerprint density at radius 1 is 1.29 bits per heavy atom. The van der Waals surface area contributed by atoms with Crippen molar-refractivity contribution in [2.24, 2.45) is 23.0 Å². The number of hydrogen-bond acceptors (Lipinski definition) is 3. The molecule has 0 unspecified atom stereocenters. The fourth-order valence-corrected chi connectivity index (χ4v) is 2.74. The van der Waals surface area contributed by atoms with E-state index in [-0.39, 0.29) is 16.3 Å². The van der Waals surface area contributed by atoms with Gasteiger partial charge in [-0.1, -0.05) is 25.4 Å². The van der Waals surface area contributed by atoms with Crippen LogP contribution in [0.15, 0.2) is 18.2 Å². The van der Waals surface area contributed by atoms with Gasteiger partial charge in [-0.2, -0.15) is 0 Å². The predicted molar refractivity (Wildman–Crippen MR) is 77.0 cm³/mol. The van der Waals surface area contributed by atoms with E-state index in [2.05, 4.69) is 5.32 Å². The fraction of sp³-hybridized carbons (Fsp3) is 0.357. The zero-order chi connectivity index (χ0) is 15.9. The molecule has 1 aromatic rings. The molecule has 2 rings (SSSR count). The number of nitrogens with one attached hydrogen (secondary N) is 1. The van der Waals surface area contributed by atoms with E-state index >= 15 is 0 Å². The number of hydrogen-bond donors (Lipinski definition) is 3. The molecule has 0 aliphatic heterocycles. The van der Waals surface area contributed by atoms with Gasteiger partial charge in [-0.05, 0) is 23.6 Å². The highest BCUT2D eigenvalue weighted by Crippen LogP contribution is 2.58.